The lowest BCUT2D eigenvalue weighted by Gasteiger charge is -2.38. The minimum atomic E-state index is -0.0763. The molecular weight excluding hydrogens is 400 g/mol. The van der Waals surface area contributed by atoms with Gasteiger partial charge in [-0.1, -0.05) is 48.8 Å². The second kappa shape index (κ2) is 10.8. The zero-order chi connectivity index (χ0) is 21.4. The van der Waals surface area contributed by atoms with Crippen LogP contribution in [-0.2, 0) is 29.5 Å². The average molecular weight is 433 g/mol. The summed E-state index contributed by atoms with van der Waals surface area (Å²) in [7, 11) is 0. The predicted octanol–water partition coefficient (Wildman–Crippen LogP) is 4.26. The summed E-state index contributed by atoms with van der Waals surface area (Å²) in [6.45, 7) is 9.80. The van der Waals surface area contributed by atoms with Gasteiger partial charge in [0.25, 0.3) is 0 Å². The fourth-order valence-corrected chi connectivity index (χ4v) is 4.40. The van der Waals surface area contributed by atoms with Gasteiger partial charge in [-0.3, -0.25) is 0 Å². The molecule has 30 heavy (non-hydrogen) atoms. The highest BCUT2D eigenvalue weighted by Gasteiger charge is 2.36. The minimum Gasteiger partial charge on any atom is -0.381 e. The molecule has 1 aliphatic heterocycles. The van der Waals surface area contributed by atoms with Crippen molar-refractivity contribution >= 4 is 17.6 Å². The standard InChI is InChI=1S/C23H33ClN4O2/c1-4-20-17(21(5-2)30-28-20)15-26-22(25-6-3)27-16-23(11-13-29-14-12-23)18-9-7-8-10-19(18)24/h7-10H,4-6,11-16H2,1-3H3,(H2,25,26,27). The van der Waals surface area contributed by atoms with Crippen molar-refractivity contribution in [1.82, 2.24) is 15.8 Å². The van der Waals surface area contributed by atoms with Crippen molar-refractivity contribution in [2.24, 2.45) is 4.99 Å². The van der Waals surface area contributed by atoms with Crippen molar-refractivity contribution in [1.29, 1.82) is 0 Å². The Kier molecular flexibility index (Phi) is 8.16. The molecule has 3 rings (SSSR count). The van der Waals surface area contributed by atoms with E-state index < -0.39 is 0 Å². The van der Waals surface area contributed by atoms with Gasteiger partial charge in [-0.25, -0.2) is 4.99 Å². The van der Waals surface area contributed by atoms with Crippen LogP contribution in [0.4, 0.5) is 0 Å². The van der Waals surface area contributed by atoms with Gasteiger partial charge >= 0.3 is 0 Å². The van der Waals surface area contributed by atoms with E-state index in [9.17, 15) is 0 Å². The number of aliphatic imine (C=N–C) groups is 1. The number of hydrogen-bond donors (Lipinski definition) is 2. The van der Waals surface area contributed by atoms with Crippen molar-refractivity contribution in [3.05, 3.63) is 51.9 Å². The van der Waals surface area contributed by atoms with E-state index in [4.69, 9.17) is 25.9 Å². The van der Waals surface area contributed by atoms with Crippen molar-refractivity contribution in [3.63, 3.8) is 0 Å². The zero-order valence-electron chi connectivity index (χ0n) is 18.3. The molecule has 1 aliphatic rings. The summed E-state index contributed by atoms with van der Waals surface area (Å²) in [4.78, 5) is 4.83. The molecule has 0 saturated carbocycles. The number of aromatic nitrogens is 1. The molecule has 0 amide bonds. The molecule has 2 N–H and O–H groups in total. The van der Waals surface area contributed by atoms with Crippen LogP contribution in [-0.4, -0.2) is 37.4 Å². The molecule has 1 saturated heterocycles. The molecule has 7 heteroatoms. The van der Waals surface area contributed by atoms with Crippen LogP contribution < -0.4 is 10.6 Å². The Bertz CT molecular complexity index is 822. The lowest BCUT2D eigenvalue weighted by atomic mass is 9.74. The van der Waals surface area contributed by atoms with Crippen molar-refractivity contribution < 1.29 is 9.26 Å². The number of nitrogens with zero attached hydrogens (tertiary/aromatic N) is 2. The van der Waals surface area contributed by atoms with Crippen LogP contribution in [0.5, 0.6) is 0 Å². The van der Waals surface area contributed by atoms with Crippen LogP contribution >= 0.6 is 11.6 Å². The molecule has 1 aromatic heterocycles. The third-order valence-corrected chi connectivity index (χ3v) is 6.17. The molecule has 1 fully saturated rings. The highest BCUT2D eigenvalue weighted by molar-refractivity contribution is 6.31. The van der Waals surface area contributed by atoms with Crippen molar-refractivity contribution in [2.75, 3.05) is 26.3 Å². The normalized spacial score (nSPS) is 16.5. The number of hydrogen-bond acceptors (Lipinski definition) is 4. The zero-order valence-corrected chi connectivity index (χ0v) is 19.0. The molecule has 0 radical (unpaired) electrons. The maximum absolute atomic E-state index is 6.59. The molecule has 2 heterocycles. The van der Waals surface area contributed by atoms with Gasteiger partial charge < -0.3 is 19.9 Å². The van der Waals surface area contributed by atoms with Gasteiger partial charge in [0.15, 0.2) is 5.96 Å². The number of nitrogens with one attached hydrogen (secondary N) is 2. The van der Waals surface area contributed by atoms with Crippen molar-refractivity contribution in [2.45, 2.75) is 58.4 Å². The minimum absolute atomic E-state index is 0.0763. The second-order valence-corrected chi connectivity index (χ2v) is 8.07. The van der Waals surface area contributed by atoms with Crippen LogP contribution in [0.15, 0.2) is 33.8 Å². The summed E-state index contributed by atoms with van der Waals surface area (Å²) in [5.41, 5.74) is 3.19. The lowest BCUT2D eigenvalue weighted by Crippen LogP contribution is -2.48. The summed E-state index contributed by atoms with van der Waals surface area (Å²) in [5, 5.41) is 11.9. The summed E-state index contributed by atoms with van der Waals surface area (Å²) < 4.78 is 11.1. The first-order valence-electron chi connectivity index (χ1n) is 10.9. The molecule has 0 spiro atoms. The van der Waals surface area contributed by atoms with E-state index in [2.05, 4.69) is 48.7 Å². The molecule has 164 valence electrons. The van der Waals surface area contributed by atoms with Gasteiger partial charge in [0, 0.05) is 48.7 Å². The Morgan fingerprint density at radius 1 is 1.13 bits per heavy atom. The van der Waals surface area contributed by atoms with Crippen LogP contribution in [0.3, 0.4) is 0 Å². The highest BCUT2D eigenvalue weighted by Crippen LogP contribution is 2.38. The summed E-state index contributed by atoms with van der Waals surface area (Å²) in [5.74, 6) is 1.71. The SMILES string of the molecule is CCNC(=NCc1c(CC)noc1CC)NCC1(c2ccccc2Cl)CCOCC1. The number of aryl methyl sites for hydroxylation is 2. The lowest BCUT2D eigenvalue weighted by molar-refractivity contribution is 0.0514. The summed E-state index contributed by atoms with van der Waals surface area (Å²) in [6, 6.07) is 8.14. The fourth-order valence-electron chi connectivity index (χ4n) is 4.06. The van der Waals surface area contributed by atoms with Gasteiger partial charge in [0.05, 0.1) is 12.2 Å². The maximum atomic E-state index is 6.59. The van der Waals surface area contributed by atoms with Gasteiger partial charge in [-0.15, -0.1) is 0 Å². The summed E-state index contributed by atoms with van der Waals surface area (Å²) >= 11 is 6.59. The first-order valence-corrected chi connectivity index (χ1v) is 11.3. The number of halogens is 1. The Labute approximate surface area is 184 Å². The van der Waals surface area contributed by atoms with E-state index in [-0.39, 0.29) is 5.41 Å². The highest BCUT2D eigenvalue weighted by atomic mass is 35.5. The largest absolute Gasteiger partial charge is 0.381 e. The molecule has 6 nitrogen and oxygen atoms in total. The van der Waals surface area contributed by atoms with Gasteiger partial charge in [0.1, 0.15) is 5.76 Å². The average Bonchev–Trinajstić information content (AvgIpc) is 3.18. The monoisotopic (exact) mass is 432 g/mol. The third-order valence-electron chi connectivity index (χ3n) is 5.84. The molecule has 1 aromatic carbocycles. The van der Waals surface area contributed by atoms with Crippen LogP contribution in [0.1, 0.15) is 56.2 Å². The Morgan fingerprint density at radius 3 is 2.57 bits per heavy atom. The van der Waals surface area contributed by atoms with Gasteiger partial charge in [0.2, 0.25) is 0 Å². The van der Waals surface area contributed by atoms with Crippen LogP contribution in [0.25, 0.3) is 0 Å². The van der Waals surface area contributed by atoms with Crippen LogP contribution in [0, 0.1) is 0 Å². The van der Waals surface area contributed by atoms with Crippen LogP contribution in [0.2, 0.25) is 5.02 Å². The first kappa shape index (κ1) is 22.6. The molecule has 0 aliphatic carbocycles. The van der Waals surface area contributed by atoms with E-state index in [0.29, 0.717) is 6.54 Å². The van der Waals surface area contributed by atoms with E-state index in [1.54, 1.807) is 0 Å². The maximum Gasteiger partial charge on any atom is 0.191 e. The third kappa shape index (κ3) is 5.16. The van der Waals surface area contributed by atoms with E-state index in [1.807, 2.05) is 12.1 Å². The number of rotatable bonds is 8. The van der Waals surface area contributed by atoms with Gasteiger partial charge in [-0.05, 0) is 37.8 Å². The fraction of sp³-hybridized carbons (Fsp3) is 0.565. The Balaban J connectivity index is 1.79. The smallest absolute Gasteiger partial charge is 0.191 e. The quantitative estimate of drug-likeness (QED) is 0.481. The number of benzene rings is 1. The number of guanidine groups is 1. The van der Waals surface area contributed by atoms with E-state index in [0.717, 1.165) is 80.0 Å². The molecule has 0 bridgehead atoms. The molecule has 0 unspecified atom stereocenters. The topological polar surface area (TPSA) is 71.7 Å². The number of ether oxygens (including phenoxy) is 1. The predicted molar refractivity (Wildman–Crippen MR) is 121 cm³/mol. The molecular formula is C23H33ClN4O2. The first-order chi connectivity index (χ1) is 14.6. The summed E-state index contributed by atoms with van der Waals surface area (Å²) in [6.07, 6.45) is 3.51. The Hall–Kier alpha value is -2.05. The van der Waals surface area contributed by atoms with E-state index in [1.165, 1.54) is 5.56 Å². The van der Waals surface area contributed by atoms with E-state index >= 15 is 0 Å². The molecule has 0 atom stereocenters. The van der Waals surface area contributed by atoms with Gasteiger partial charge in [-0.2, -0.15) is 0 Å². The Morgan fingerprint density at radius 2 is 1.90 bits per heavy atom. The van der Waals surface area contributed by atoms with Crippen molar-refractivity contribution in [3.8, 4) is 0 Å². The second-order valence-electron chi connectivity index (χ2n) is 7.66. The molecule has 2 aromatic rings.